The maximum atomic E-state index is 13.6. The van der Waals surface area contributed by atoms with Crippen LogP contribution in [0.5, 0.6) is 11.5 Å². The van der Waals surface area contributed by atoms with Crippen LogP contribution in [0.15, 0.2) is 42.5 Å². The van der Waals surface area contributed by atoms with Gasteiger partial charge in [0.15, 0.2) is 11.6 Å². The molecule has 0 radical (unpaired) electrons. The van der Waals surface area contributed by atoms with Gasteiger partial charge in [-0.05, 0) is 23.8 Å². The molecule has 0 fully saturated rings. The van der Waals surface area contributed by atoms with Gasteiger partial charge in [0.05, 0.1) is 0 Å². The molecular formula is C14H14FNO2. The van der Waals surface area contributed by atoms with E-state index in [1.54, 1.807) is 36.4 Å². The number of halogens is 1. The third-order valence-electron chi connectivity index (χ3n) is 2.56. The molecule has 3 N–H and O–H groups in total. The van der Waals surface area contributed by atoms with Gasteiger partial charge in [-0.15, -0.1) is 0 Å². The number of phenols is 1. The quantitative estimate of drug-likeness (QED) is 0.873. The number of para-hydroxylation sites is 1. The monoisotopic (exact) mass is 247 g/mol. The van der Waals surface area contributed by atoms with Crippen molar-refractivity contribution in [2.45, 2.75) is 13.2 Å². The molecule has 0 unspecified atom stereocenters. The Bertz CT molecular complexity index is 543. The second-order valence-corrected chi connectivity index (χ2v) is 3.89. The molecule has 0 atom stereocenters. The summed E-state index contributed by atoms with van der Waals surface area (Å²) in [7, 11) is 0. The summed E-state index contributed by atoms with van der Waals surface area (Å²) in [6, 6.07) is 11.3. The fourth-order valence-electron chi connectivity index (χ4n) is 1.68. The lowest BCUT2D eigenvalue weighted by Crippen LogP contribution is -2.04. The first kappa shape index (κ1) is 12.4. The molecule has 0 aromatic heterocycles. The maximum Gasteiger partial charge on any atom is 0.165 e. The minimum absolute atomic E-state index is 0.156. The number of ether oxygens (including phenoxy) is 1. The van der Waals surface area contributed by atoms with Gasteiger partial charge >= 0.3 is 0 Å². The Morgan fingerprint density at radius 1 is 1.17 bits per heavy atom. The number of hydrogen-bond donors (Lipinski definition) is 2. The van der Waals surface area contributed by atoms with E-state index in [2.05, 4.69) is 0 Å². The minimum Gasteiger partial charge on any atom is -0.508 e. The molecule has 4 heteroatoms. The molecule has 0 bridgehead atoms. The van der Waals surface area contributed by atoms with Crippen molar-refractivity contribution in [3.8, 4) is 11.5 Å². The molecule has 94 valence electrons. The molecule has 0 amide bonds. The van der Waals surface area contributed by atoms with Crippen LogP contribution >= 0.6 is 0 Å². The molecule has 0 spiro atoms. The van der Waals surface area contributed by atoms with Crippen molar-refractivity contribution in [2.75, 3.05) is 0 Å². The Balaban J connectivity index is 2.15. The average Bonchev–Trinajstić information content (AvgIpc) is 2.37. The number of nitrogens with two attached hydrogens (primary N) is 1. The smallest absolute Gasteiger partial charge is 0.165 e. The molecule has 2 aromatic carbocycles. The number of phenolic OH excluding ortho intramolecular Hbond substituents is 1. The van der Waals surface area contributed by atoms with Crippen molar-refractivity contribution in [2.24, 2.45) is 5.73 Å². The number of benzene rings is 2. The molecule has 0 aliphatic rings. The second-order valence-electron chi connectivity index (χ2n) is 3.89. The van der Waals surface area contributed by atoms with E-state index >= 15 is 0 Å². The number of hydrogen-bond acceptors (Lipinski definition) is 3. The molecule has 2 rings (SSSR count). The van der Waals surface area contributed by atoms with Gasteiger partial charge in [-0.2, -0.15) is 0 Å². The second kappa shape index (κ2) is 5.51. The lowest BCUT2D eigenvalue weighted by molar-refractivity contribution is 0.286. The molecule has 0 heterocycles. The summed E-state index contributed by atoms with van der Waals surface area (Å²) in [5, 5.41) is 9.32. The first-order chi connectivity index (χ1) is 8.70. The van der Waals surface area contributed by atoms with Gasteiger partial charge in [0.1, 0.15) is 12.4 Å². The summed E-state index contributed by atoms with van der Waals surface area (Å²) in [6.07, 6.45) is 0. The van der Waals surface area contributed by atoms with Crippen LogP contribution in [0.2, 0.25) is 0 Å². The van der Waals surface area contributed by atoms with Crippen LogP contribution in [-0.2, 0) is 13.2 Å². The van der Waals surface area contributed by atoms with Crippen molar-refractivity contribution in [3.63, 3.8) is 0 Å². The average molecular weight is 247 g/mol. The van der Waals surface area contributed by atoms with E-state index in [1.807, 2.05) is 0 Å². The Labute approximate surface area is 105 Å². The van der Waals surface area contributed by atoms with E-state index < -0.39 is 5.82 Å². The molecule has 2 aromatic rings. The SMILES string of the molecule is NCc1cccc(F)c1OCc1cccc(O)c1. The van der Waals surface area contributed by atoms with Crippen molar-refractivity contribution in [1.29, 1.82) is 0 Å². The van der Waals surface area contributed by atoms with Crippen LogP contribution in [-0.4, -0.2) is 5.11 Å². The van der Waals surface area contributed by atoms with Gasteiger partial charge in [0.25, 0.3) is 0 Å². The summed E-state index contributed by atoms with van der Waals surface area (Å²) in [4.78, 5) is 0. The first-order valence-corrected chi connectivity index (χ1v) is 5.59. The highest BCUT2D eigenvalue weighted by Crippen LogP contribution is 2.23. The fourth-order valence-corrected chi connectivity index (χ4v) is 1.68. The third-order valence-corrected chi connectivity index (χ3v) is 2.56. The zero-order valence-corrected chi connectivity index (χ0v) is 9.77. The third kappa shape index (κ3) is 2.78. The molecular weight excluding hydrogens is 233 g/mol. The van der Waals surface area contributed by atoms with E-state index in [9.17, 15) is 9.50 Å². The molecule has 0 saturated heterocycles. The molecule has 0 aliphatic heterocycles. The Hall–Kier alpha value is -2.07. The largest absolute Gasteiger partial charge is 0.508 e. The Morgan fingerprint density at radius 2 is 1.94 bits per heavy atom. The van der Waals surface area contributed by atoms with E-state index in [-0.39, 0.29) is 24.7 Å². The zero-order valence-electron chi connectivity index (χ0n) is 9.77. The molecule has 0 saturated carbocycles. The number of rotatable bonds is 4. The van der Waals surface area contributed by atoms with Crippen LogP contribution in [0.1, 0.15) is 11.1 Å². The van der Waals surface area contributed by atoms with Crippen LogP contribution in [0, 0.1) is 5.82 Å². The van der Waals surface area contributed by atoms with E-state index in [4.69, 9.17) is 10.5 Å². The van der Waals surface area contributed by atoms with Crippen LogP contribution < -0.4 is 10.5 Å². The summed E-state index contributed by atoms with van der Waals surface area (Å²) in [6.45, 7) is 0.398. The van der Waals surface area contributed by atoms with Gasteiger partial charge < -0.3 is 15.6 Å². The zero-order chi connectivity index (χ0) is 13.0. The van der Waals surface area contributed by atoms with Crippen LogP contribution in [0.25, 0.3) is 0 Å². The van der Waals surface area contributed by atoms with Gasteiger partial charge in [-0.25, -0.2) is 4.39 Å². The Morgan fingerprint density at radius 3 is 2.67 bits per heavy atom. The normalized spacial score (nSPS) is 10.3. The Kier molecular flexibility index (Phi) is 3.79. The van der Waals surface area contributed by atoms with Gasteiger partial charge in [-0.1, -0.05) is 24.3 Å². The lowest BCUT2D eigenvalue weighted by Gasteiger charge is -2.11. The lowest BCUT2D eigenvalue weighted by atomic mass is 10.2. The van der Waals surface area contributed by atoms with Gasteiger partial charge in [-0.3, -0.25) is 0 Å². The highest BCUT2D eigenvalue weighted by Gasteiger charge is 2.08. The molecule has 18 heavy (non-hydrogen) atoms. The molecule has 3 nitrogen and oxygen atoms in total. The minimum atomic E-state index is -0.432. The van der Waals surface area contributed by atoms with Crippen LogP contribution in [0.3, 0.4) is 0 Å². The summed E-state index contributed by atoms with van der Waals surface area (Å²) in [5.74, 6) is -0.106. The fraction of sp³-hybridized carbons (Fsp3) is 0.143. The summed E-state index contributed by atoms with van der Waals surface area (Å²) < 4.78 is 19.0. The topological polar surface area (TPSA) is 55.5 Å². The van der Waals surface area contributed by atoms with E-state index in [0.717, 1.165) is 5.56 Å². The highest BCUT2D eigenvalue weighted by atomic mass is 19.1. The van der Waals surface area contributed by atoms with E-state index in [0.29, 0.717) is 5.56 Å². The van der Waals surface area contributed by atoms with Crippen molar-refractivity contribution in [3.05, 3.63) is 59.4 Å². The van der Waals surface area contributed by atoms with Gasteiger partial charge in [0, 0.05) is 12.1 Å². The van der Waals surface area contributed by atoms with Crippen molar-refractivity contribution in [1.82, 2.24) is 0 Å². The van der Waals surface area contributed by atoms with Gasteiger partial charge in [0.2, 0.25) is 0 Å². The van der Waals surface area contributed by atoms with Crippen molar-refractivity contribution < 1.29 is 14.2 Å². The summed E-state index contributed by atoms with van der Waals surface area (Å²) >= 11 is 0. The highest BCUT2D eigenvalue weighted by molar-refractivity contribution is 5.35. The first-order valence-electron chi connectivity index (χ1n) is 5.59. The van der Waals surface area contributed by atoms with E-state index in [1.165, 1.54) is 6.07 Å². The summed E-state index contributed by atoms with van der Waals surface area (Å²) in [5.41, 5.74) is 6.91. The van der Waals surface area contributed by atoms with Crippen LogP contribution in [0.4, 0.5) is 4.39 Å². The predicted molar refractivity (Wildman–Crippen MR) is 66.7 cm³/mol. The number of aromatic hydroxyl groups is 1. The standard InChI is InChI=1S/C14H14FNO2/c15-13-6-2-4-11(8-16)14(13)18-9-10-3-1-5-12(17)7-10/h1-7,17H,8-9,16H2. The predicted octanol–water partition coefficient (Wildman–Crippen LogP) is 2.57. The van der Waals surface area contributed by atoms with Crippen molar-refractivity contribution >= 4 is 0 Å². The maximum absolute atomic E-state index is 13.6. The molecule has 0 aliphatic carbocycles.